The molecule has 0 rings (SSSR count). The molecule has 0 heterocycles. The maximum Gasteiger partial charge on any atom is 0.303 e. The average molecular weight is 327 g/mol. The summed E-state index contributed by atoms with van der Waals surface area (Å²) >= 11 is 0. The molecule has 0 aromatic rings. The Morgan fingerprint density at radius 2 is 1.35 bits per heavy atom. The van der Waals surface area contributed by atoms with Crippen LogP contribution in [0.3, 0.4) is 0 Å². The van der Waals surface area contributed by atoms with E-state index in [2.05, 4.69) is 19.1 Å². The fourth-order valence-corrected chi connectivity index (χ4v) is 2.52. The molecule has 0 saturated carbocycles. The third kappa shape index (κ3) is 21.2. The van der Waals surface area contributed by atoms with Gasteiger partial charge in [0.1, 0.15) is 0 Å². The predicted octanol–water partition coefficient (Wildman–Crippen LogP) is 6.13. The maximum atomic E-state index is 10.4. The van der Waals surface area contributed by atoms with Crippen molar-refractivity contribution in [1.29, 1.82) is 0 Å². The number of hydrogen-bond donors (Lipinski definition) is 1. The molecule has 1 N–H and O–H groups in total. The van der Waals surface area contributed by atoms with Crippen molar-refractivity contribution in [2.45, 2.75) is 96.8 Å². The van der Waals surface area contributed by atoms with E-state index in [1.54, 1.807) is 0 Å². The van der Waals surface area contributed by atoms with E-state index in [0.717, 1.165) is 38.9 Å². The van der Waals surface area contributed by atoms with Crippen molar-refractivity contribution in [2.24, 2.45) is 0 Å². The molecule has 0 aromatic carbocycles. The summed E-state index contributed by atoms with van der Waals surface area (Å²) < 4.78 is 5.58. The number of hydrogen-bond acceptors (Lipinski definition) is 2. The van der Waals surface area contributed by atoms with Crippen LogP contribution in [0, 0.1) is 0 Å². The van der Waals surface area contributed by atoms with Gasteiger partial charge in [-0.2, -0.15) is 0 Å². The summed E-state index contributed by atoms with van der Waals surface area (Å²) in [6, 6.07) is 0. The topological polar surface area (TPSA) is 46.5 Å². The van der Waals surface area contributed by atoms with Crippen LogP contribution >= 0.6 is 0 Å². The van der Waals surface area contributed by atoms with Crippen molar-refractivity contribution in [3.05, 3.63) is 12.2 Å². The van der Waals surface area contributed by atoms with Crippen molar-refractivity contribution < 1.29 is 14.6 Å². The lowest BCUT2D eigenvalue weighted by Crippen LogP contribution is -1.96. The lowest BCUT2D eigenvalue weighted by Gasteiger charge is -2.02. The number of unbranched alkanes of at least 4 members (excludes halogenated alkanes) is 10. The Balaban J connectivity index is 3.07. The van der Waals surface area contributed by atoms with Crippen LogP contribution in [0.2, 0.25) is 0 Å². The van der Waals surface area contributed by atoms with E-state index < -0.39 is 5.97 Å². The molecule has 0 aliphatic heterocycles. The van der Waals surface area contributed by atoms with Gasteiger partial charge < -0.3 is 9.84 Å². The van der Waals surface area contributed by atoms with Gasteiger partial charge in [-0.1, -0.05) is 64.0 Å². The van der Waals surface area contributed by atoms with Crippen molar-refractivity contribution in [3.63, 3.8) is 0 Å². The van der Waals surface area contributed by atoms with Gasteiger partial charge in [0.05, 0.1) is 0 Å². The summed E-state index contributed by atoms with van der Waals surface area (Å²) in [5.74, 6) is -0.667. The van der Waals surface area contributed by atoms with Crippen LogP contribution in [0.1, 0.15) is 96.8 Å². The first-order chi connectivity index (χ1) is 11.3. The van der Waals surface area contributed by atoms with Gasteiger partial charge in [0.25, 0.3) is 0 Å². The summed E-state index contributed by atoms with van der Waals surface area (Å²) in [4.78, 5) is 10.4. The third-order valence-corrected chi connectivity index (χ3v) is 3.98. The number of rotatable bonds is 18. The third-order valence-electron chi connectivity index (χ3n) is 3.98. The van der Waals surface area contributed by atoms with Crippen LogP contribution in [0.25, 0.3) is 0 Å². The van der Waals surface area contributed by atoms with Gasteiger partial charge in [0.2, 0.25) is 0 Å². The molecule has 0 aliphatic carbocycles. The van der Waals surface area contributed by atoms with Gasteiger partial charge in [0.15, 0.2) is 0 Å². The van der Waals surface area contributed by atoms with Crippen LogP contribution in [0.15, 0.2) is 12.2 Å². The minimum atomic E-state index is -0.667. The second-order valence-corrected chi connectivity index (χ2v) is 6.34. The Morgan fingerprint density at radius 3 is 2.00 bits per heavy atom. The van der Waals surface area contributed by atoms with E-state index >= 15 is 0 Å². The monoisotopic (exact) mass is 326 g/mol. The molecule has 0 spiro atoms. The number of carboxylic acids is 1. The summed E-state index contributed by atoms with van der Waals surface area (Å²) in [6.45, 7) is 4.04. The first-order valence-corrected chi connectivity index (χ1v) is 9.72. The zero-order valence-electron chi connectivity index (χ0n) is 15.2. The van der Waals surface area contributed by atoms with Crippen LogP contribution in [-0.2, 0) is 9.53 Å². The molecule has 0 bridgehead atoms. The van der Waals surface area contributed by atoms with Crippen LogP contribution < -0.4 is 0 Å². The first-order valence-electron chi connectivity index (χ1n) is 9.72. The summed E-state index contributed by atoms with van der Waals surface area (Å²) in [5, 5.41) is 8.54. The van der Waals surface area contributed by atoms with Crippen LogP contribution in [0.5, 0.6) is 0 Å². The van der Waals surface area contributed by atoms with E-state index in [1.807, 2.05) is 0 Å². The van der Waals surface area contributed by atoms with E-state index in [9.17, 15) is 4.79 Å². The Morgan fingerprint density at radius 1 is 0.783 bits per heavy atom. The quantitative estimate of drug-likeness (QED) is 0.243. The normalized spacial score (nSPS) is 11.3. The Kier molecular flexibility index (Phi) is 18.5. The molecule has 0 fully saturated rings. The van der Waals surface area contributed by atoms with Crippen molar-refractivity contribution in [3.8, 4) is 0 Å². The fraction of sp³-hybridized carbons (Fsp3) is 0.850. The molecule has 3 nitrogen and oxygen atoms in total. The average Bonchev–Trinajstić information content (AvgIpc) is 2.53. The highest BCUT2D eigenvalue weighted by atomic mass is 16.5. The van der Waals surface area contributed by atoms with Crippen molar-refractivity contribution >= 4 is 5.97 Å². The van der Waals surface area contributed by atoms with Crippen molar-refractivity contribution in [2.75, 3.05) is 13.2 Å². The van der Waals surface area contributed by atoms with Gasteiger partial charge in [0, 0.05) is 19.6 Å². The molecule has 0 radical (unpaired) electrons. The zero-order chi connectivity index (χ0) is 17.0. The lowest BCUT2D eigenvalue weighted by molar-refractivity contribution is -0.137. The van der Waals surface area contributed by atoms with E-state index in [-0.39, 0.29) is 0 Å². The van der Waals surface area contributed by atoms with Gasteiger partial charge >= 0.3 is 5.97 Å². The molecule has 0 saturated heterocycles. The maximum absolute atomic E-state index is 10.4. The smallest absolute Gasteiger partial charge is 0.303 e. The van der Waals surface area contributed by atoms with Crippen LogP contribution in [0.4, 0.5) is 0 Å². The molecule has 0 amide bonds. The Bertz CT molecular complexity index is 274. The molecular formula is C20H38O3. The Hall–Kier alpha value is -0.830. The standard InChI is InChI=1S/C20H38O3/c1-2-3-15-18-23-19-16-13-11-9-7-5-4-6-8-10-12-14-17-20(21)22/h9,11H,2-8,10,12-19H2,1H3,(H,21,22)/b11-9-. The first kappa shape index (κ1) is 22.2. The van der Waals surface area contributed by atoms with Crippen LogP contribution in [-0.4, -0.2) is 24.3 Å². The fourth-order valence-electron chi connectivity index (χ4n) is 2.52. The second kappa shape index (κ2) is 19.2. The minimum absolute atomic E-state index is 0.328. The highest BCUT2D eigenvalue weighted by Gasteiger charge is 1.96. The van der Waals surface area contributed by atoms with E-state index in [0.29, 0.717) is 6.42 Å². The summed E-state index contributed by atoms with van der Waals surface area (Å²) in [6.07, 6.45) is 20.3. The Labute approximate surface area is 143 Å². The van der Waals surface area contributed by atoms with E-state index in [1.165, 1.54) is 57.8 Å². The lowest BCUT2D eigenvalue weighted by atomic mass is 10.1. The summed E-state index contributed by atoms with van der Waals surface area (Å²) in [7, 11) is 0. The minimum Gasteiger partial charge on any atom is -0.481 e. The number of carbonyl (C=O) groups is 1. The largest absolute Gasteiger partial charge is 0.481 e. The molecule has 23 heavy (non-hydrogen) atoms. The highest BCUT2D eigenvalue weighted by molar-refractivity contribution is 5.66. The van der Waals surface area contributed by atoms with Gasteiger partial charge in [-0.05, 0) is 38.5 Å². The summed E-state index contributed by atoms with van der Waals surface area (Å²) in [5.41, 5.74) is 0. The number of allylic oxidation sites excluding steroid dienone is 2. The van der Waals surface area contributed by atoms with Gasteiger partial charge in [-0.15, -0.1) is 0 Å². The molecular weight excluding hydrogens is 288 g/mol. The van der Waals surface area contributed by atoms with Crippen molar-refractivity contribution in [1.82, 2.24) is 0 Å². The molecule has 3 heteroatoms. The van der Waals surface area contributed by atoms with Gasteiger partial charge in [-0.3, -0.25) is 4.79 Å². The number of carboxylic acid groups (broad SMARTS) is 1. The van der Waals surface area contributed by atoms with E-state index in [4.69, 9.17) is 9.84 Å². The number of ether oxygens (including phenoxy) is 1. The number of aliphatic carboxylic acids is 1. The van der Waals surface area contributed by atoms with Gasteiger partial charge in [-0.25, -0.2) is 0 Å². The second-order valence-electron chi connectivity index (χ2n) is 6.34. The zero-order valence-corrected chi connectivity index (χ0v) is 15.2. The molecule has 0 unspecified atom stereocenters. The SMILES string of the molecule is CCCCCOCCC/C=C\CCCCCCCCCC(=O)O. The molecule has 0 aliphatic rings. The highest BCUT2D eigenvalue weighted by Crippen LogP contribution is 2.10. The molecule has 0 aromatic heterocycles. The molecule has 136 valence electrons. The predicted molar refractivity (Wildman–Crippen MR) is 97.9 cm³/mol. The molecule has 0 atom stereocenters.